The number of nitrogens with one attached hydrogen (secondary N) is 1. The first-order chi connectivity index (χ1) is 16.3. The van der Waals surface area contributed by atoms with Crippen LogP contribution in [0.1, 0.15) is 11.1 Å². The second kappa shape index (κ2) is 17.2. The van der Waals surface area contributed by atoms with Crippen LogP contribution in [0.15, 0.2) is 6.07 Å². The van der Waals surface area contributed by atoms with Crippen LogP contribution in [0.3, 0.4) is 0 Å². The van der Waals surface area contributed by atoms with E-state index in [0.29, 0.717) is 32.5 Å². The van der Waals surface area contributed by atoms with E-state index in [0.717, 1.165) is 0 Å². The molecule has 0 fully saturated rings. The Balaban J connectivity index is 2.71. The molecule has 0 aliphatic heterocycles. The van der Waals surface area contributed by atoms with Crippen molar-refractivity contribution in [2.75, 3.05) is 73.7 Å². The zero-order chi connectivity index (χ0) is 25.3. The summed E-state index contributed by atoms with van der Waals surface area (Å²) in [5.74, 6) is -4.56. The summed E-state index contributed by atoms with van der Waals surface area (Å²) in [6, 6.07) is -0.601. The van der Waals surface area contributed by atoms with Crippen LogP contribution in [-0.4, -0.2) is 91.6 Å². The standard InChI is InChI=1S/C22H32F3NO8/c1-15-12-17(23)21(25)16(20(15)24)13-19(27)18(14-33-9-8-31-6-4-29-2)26-22(28)34-11-10-32-7-5-30-3/h12,18H,4-11,13-14H2,1-3H3,(H,26,28)/t18-/m0/s1. The van der Waals surface area contributed by atoms with E-state index >= 15 is 0 Å². The van der Waals surface area contributed by atoms with Gasteiger partial charge in [0, 0.05) is 26.2 Å². The Labute approximate surface area is 196 Å². The highest BCUT2D eigenvalue weighted by molar-refractivity contribution is 5.89. The number of aryl methyl sites for hydroxylation is 1. The summed E-state index contributed by atoms with van der Waals surface area (Å²) in [5.41, 5.74) is -0.874. The topological polar surface area (TPSA) is 102 Å². The van der Waals surface area contributed by atoms with E-state index in [1.54, 1.807) is 0 Å². The van der Waals surface area contributed by atoms with Crippen LogP contribution in [0.2, 0.25) is 0 Å². The predicted molar refractivity (Wildman–Crippen MR) is 114 cm³/mol. The Morgan fingerprint density at radius 1 is 0.853 bits per heavy atom. The Hall–Kier alpha value is -2.25. The van der Waals surface area contributed by atoms with Crippen molar-refractivity contribution in [2.45, 2.75) is 19.4 Å². The molecule has 0 radical (unpaired) electrons. The van der Waals surface area contributed by atoms with Crippen LogP contribution in [0.25, 0.3) is 0 Å². The zero-order valence-electron chi connectivity index (χ0n) is 19.6. The lowest BCUT2D eigenvalue weighted by atomic mass is 10.0. The Morgan fingerprint density at radius 3 is 2.03 bits per heavy atom. The largest absolute Gasteiger partial charge is 0.447 e. The van der Waals surface area contributed by atoms with Crippen molar-refractivity contribution in [2.24, 2.45) is 0 Å². The molecule has 12 heteroatoms. The molecule has 1 rings (SSSR count). The summed E-state index contributed by atoms with van der Waals surface area (Å²) < 4.78 is 72.5. The molecule has 0 spiro atoms. The van der Waals surface area contributed by atoms with Gasteiger partial charge in [0.1, 0.15) is 18.5 Å². The molecule has 0 saturated carbocycles. The van der Waals surface area contributed by atoms with Gasteiger partial charge in [-0.05, 0) is 18.6 Å². The fourth-order valence-corrected chi connectivity index (χ4v) is 2.65. The Bertz CT molecular complexity index is 740. The van der Waals surface area contributed by atoms with Crippen LogP contribution in [0.5, 0.6) is 0 Å². The van der Waals surface area contributed by atoms with E-state index in [2.05, 4.69) is 5.32 Å². The number of halogens is 3. The lowest BCUT2D eigenvalue weighted by Crippen LogP contribution is -2.45. The lowest BCUT2D eigenvalue weighted by molar-refractivity contribution is -0.122. The molecule has 0 heterocycles. The van der Waals surface area contributed by atoms with Crippen LogP contribution in [0.4, 0.5) is 18.0 Å². The number of benzene rings is 1. The summed E-state index contributed by atoms with van der Waals surface area (Å²) in [6.07, 6.45) is -1.75. The number of ether oxygens (including phenoxy) is 6. The fraction of sp³-hybridized carbons (Fsp3) is 0.636. The van der Waals surface area contributed by atoms with E-state index in [-0.39, 0.29) is 38.6 Å². The molecule has 1 N–H and O–H groups in total. The van der Waals surface area contributed by atoms with E-state index in [1.807, 2.05) is 0 Å². The summed E-state index contributed by atoms with van der Waals surface area (Å²) in [7, 11) is 3.04. The van der Waals surface area contributed by atoms with Gasteiger partial charge in [-0.1, -0.05) is 0 Å². The molecule has 0 aliphatic carbocycles. The molecule has 1 aromatic rings. The van der Waals surface area contributed by atoms with Crippen LogP contribution in [-0.2, 0) is 39.6 Å². The third-order valence-electron chi connectivity index (χ3n) is 4.44. The number of hydrogen-bond donors (Lipinski definition) is 1. The van der Waals surface area contributed by atoms with Crippen molar-refractivity contribution >= 4 is 11.9 Å². The average Bonchev–Trinajstić information content (AvgIpc) is 2.81. The molecule has 0 aromatic heterocycles. The number of ketones is 1. The molecule has 34 heavy (non-hydrogen) atoms. The maximum absolute atomic E-state index is 14.3. The van der Waals surface area contributed by atoms with Crippen molar-refractivity contribution < 1.29 is 51.2 Å². The molecule has 1 aromatic carbocycles. The third kappa shape index (κ3) is 11.3. The van der Waals surface area contributed by atoms with E-state index in [1.165, 1.54) is 21.1 Å². The minimum atomic E-state index is -1.46. The number of carbonyl (C=O) groups is 2. The molecule has 0 unspecified atom stereocenters. The SMILES string of the molecule is COCCOCCOC[C@H](NC(=O)OCCOCCOC)C(=O)Cc1c(F)c(C)cc(F)c1F. The zero-order valence-corrected chi connectivity index (χ0v) is 19.6. The van der Waals surface area contributed by atoms with Crippen LogP contribution in [0, 0.1) is 24.4 Å². The maximum atomic E-state index is 14.3. The summed E-state index contributed by atoms with van der Waals surface area (Å²) in [5, 5.41) is 2.30. The normalized spacial score (nSPS) is 11.9. The van der Waals surface area contributed by atoms with Crippen LogP contribution >= 0.6 is 0 Å². The van der Waals surface area contributed by atoms with Gasteiger partial charge in [-0.3, -0.25) is 4.79 Å². The van der Waals surface area contributed by atoms with Gasteiger partial charge in [0.15, 0.2) is 17.4 Å². The molecule has 0 aliphatic rings. The van der Waals surface area contributed by atoms with Gasteiger partial charge in [-0.2, -0.15) is 0 Å². The monoisotopic (exact) mass is 495 g/mol. The number of methoxy groups -OCH3 is 2. The molecular formula is C22H32F3NO8. The summed E-state index contributed by atoms with van der Waals surface area (Å²) in [4.78, 5) is 24.8. The second-order valence-corrected chi connectivity index (χ2v) is 7.04. The van der Waals surface area contributed by atoms with Crippen molar-refractivity contribution in [3.63, 3.8) is 0 Å². The van der Waals surface area contributed by atoms with E-state index < -0.39 is 47.4 Å². The highest BCUT2D eigenvalue weighted by Gasteiger charge is 2.26. The molecule has 1 atom stereocenters. The van der Waals surface area contributed by atoms with E-state index in [4.69, 9.17) is 28.4 Å². The quantitative estimate of drug-likeness (QED) is 0.244. The lowest BCUT2D eigenvalue weighted by Gasteiger charge is -2.18. The van der Waals surface area contributed by atoms with Gasteiger partial charge in [0.2, 0.25) is 0 Å². The first-order valence-electron chi connectivity index (χ1n) is 10.6. The second-order valence-electron chi connectivity index (χ2n) is 7.04. The number of carbonyl (C=O) groups excluding carboxylic acids is 2. The molecule has 0 saturated heterocycles. The van der Waals surface area contributed by atoms with Gasteiger partial charge in [0.05, 0.1) is 52.9 Å². The highest BCUT2D eigenvalue weighted by Crippen LogP contribution is 2.21. The van der Waals surface area contributed by atoms with Crippen LogP contribution < -0.4 is 5.32 Å². The van der Waals surface area contributed by atoms with Gasteiger partial charge in [-0.15, -0.1) is 0 Å². The third-order valence-corrected chi connectivity index (χ3v) is 4.44. The molecule has 194 valence electrons. The smallest absolute Gasteiger partial charge is 0.407 e. The molecule has 1 amide bonds. The van der Waals surface area contributed by atoms with Gasteiger partial charge in [-0.25, -0.2) is 18.0 Å². The first-order valence-corrected chi connectivity index (χ1v) is 10.6. The minimum absolute atomic E-state index is 0.0827. The number of alkyl carbamates (subject to hydrolysis) is 1. The number of Topliss-reactive ketones (excluding diaryl/α,β-unsaturated/α-hetero) is 1. The summed E-state index contributed by atoms with van der Waals surface area (Å²) in [6.45, 7) is 2.64. The van der Waals surface area contributed by atoms with Crippen molar-refractivity contribution in [3.05, 3.63) is 34.6 Å². The van der Waals surface area contributed by atoms with Gasteiger partial charge < -0.3 is 33.7 Å². The predicted octanol–water partition coefficient (Wildman–Crippen LogP) is 1.96. The molecule has 0 bridgehead atoms. The molecule has 9 nitrogen and oxygen atoms in total. The number of rotatable bonds is 18. The van der Waals surface area contributed by atoms with Crippen molar-refractivity contribution in [3.8, 4) is 0 Å². The fourth-order valence-electron chi connectivity index (χ4n) is 2.65. The minimum Gasteiger partial charge on any atom is -0.447 e. The maximum Gasteiger partial charge on any atom is 0.407 e. The van der Waals surface area contributed by atoms with Crippen molar-refractivity contribution in [1.82, 2.24) is 5.32 Å². The van der Waals surface area contributed by atoms with Crippen molar-refractivity contribution in [1.29, 1.82) is 0 Å². The molecular weight excluding hydrogens is 463 g/mol. The summed E-state index contributed by atoms with van der Waals surface area (Å²) >= 11 is 0. The van der Waals surface area contributed by atoms with Gasteiger partial charge in [0.25, 0.3) is 0 Å². The first kappa shape index (κ1) is 29.8. The van der Waals surface area contributed by atoms with Gasteiger partial charge >= 0.3 is 6.09 Å². The number of amides is 1. The van der Waals surface area contributed by atoms with E-state index in [9.17, 15) is 22.8 Å². The average molecular weight is 495 g/mol. The Morgan fingerprint density at radius 2 is 1.41 bits per heavy atom. The Kier molecular flexibility index (Phi) is 15.1. The highest BCUT2D eigenvalue weighted by atomic mass is 19.2. The number of hydrogen-bond acceptors (Lipinski definition) is 8.